The molecule has 0 atom stereocenters. The quantitative estimate of drug-likeness (QED) is 0.273. The smallest absolute Gasteiger partial charge is 1.00 e. The Kier molecular flexibility index (Phi) is 345. The van der Waals surface area contributed by atoms with Crippen LogP contribution in [0.5, 0.6) is 0 Å². The van der Waals surface area contributed by atoms with Crippen LogP contribution in [0.15, 0.2) is 25.3 Å². The average Bonchev–Trinajstić information content (AvgIpc) is 1.39. The Bertz CT molecular complexity index is 34.7. The third-order valence-corrected chi connectivity index (χ3v) is 0. The average molecular weight is 202 g/mol. The van der Waals surface area contributed by atoms with E-state index in [1.165, 1.54) is 12.2 Å². The Balaban J connectivity index is -0.00000000571. The first-order chi connectivity index (χ1) is 2.83. The molecule has 0 rings (SSSR count). The zero-order valence-corrected chi connectivity index (χ0v) is 10.5. The molecule has 10 heavy (non-hydrogen) atoms. The van der Waals surface area contributed by atoms with Gasteiger partial charge in [-0.2, -0.15) is 0 Å². The van der Waals surface area contributed by atoms with Gasteiger partial charge >= 0.3 is 46.1 Å². The van der Waals surface area contributed by atoms with Gasteiger partial charge in [0.1, 0.15) is 0 Å². The van der Waals surface area contributed by atoms with Crippen LogP contribution < -0.4 is 24.8 Å². The molecular formula is C6H10Cl2Mg2. The van der Waals surface area contributed by atoms with Gasteiger partial charge in [-0.3, -0.25) is 0 Å². The first kappa shape index (κ1) is 42.5. The Labute approximate surface area is 109 Å². The summed E-state index contributed by atoms with van der Waals surface area (Å²) in [5, 5.41) is 0. The molecule has 0 N–H and O–H groups in total. The van der Waals surface area contributed by atoms with Crippen molar-refractivity contribution < 1.29 is 24.8 Å². The van der Waals surface area contributed by atoms with Crippen molar-refractivity contribution in [3.8, 4) is 0 Å². The van der Waals surface area contributed by atoms with Gasteiger partial charge in [0.15, 0.2) is 0 Å². The van der Waals surface area contributed by atoms with Gasteiger partial charge < -0.3 is 24.8 Å². The van der Waals surface area contributed by atoms with E-state index in [1.807, 2.05) is 0 Å². The Morgan fingerprint density at radius 3 is 0.800 bits per heavy atom. The predicted octanol–water partition coefficient (Wildman–Crippen LogP) is -4.74. The van der Waals surface area contributed by atoms with E-state index in [0.29, 0.717) is 0 Å². The normalized spacial score (nSPS) is 2.40. The number of halogens is 2. The van der Waals surface area contributed by atoms with E-state index >= 15 is 0 Å². The van der Waals surface area contributed by atoms with Crippen molar-refractivity contribution in [2.75, 3.05) is 0 Å². The van der Waals surface area contributed by atoms with Crippen molar-refractivity contribution in [3.05, 3.63) is 39.2 Å². The largest absolute Gasteiger partial charge is 2.00 e. The van der Waals surface area contributed by atoms with Gasteiger partial charge in [-0.05, 0) is 0 Å². The maximum Gasteiger partial charge on any atom is 2.00 e. The van der Waals surface area contributed by atoms with Crippen LogP contribution in [-0.4, -0.2) is 46.1 Å². The Hall–Kier alpha value is 1.33. The van der Waals surface area contributed by atoms with Crippen molar-refractivity contribution in [3.63, 3.8) is 0 Å². The second kappa shape index (κ2) is 81.0. The molecule has 0 aromatic carbocycles. The van der Waals surface area contributed by atoms with Gasteiger partial charge in [-0.1, -0.05) is 0 Å². The molecule has 0 spiro atoms. The molecule has 0 nitrogen and oxygen atoms in total. The molecule has 0 fully saturated rings. The van der Waals surface area contributed by atoms with Crippen molar-refractivity contribution in [2.45, 2.75) is 0 Å². The molecule has 0 amide bonds. The van der Waals surface area contributed by atoms with Crippen molar-refractivity contribution in [1.82, 2.24) is 0 Å². The van der Waals surface area contributed by atoms with E-state index in [-0.39, 0.29) is 70.9 Å². The summed E-state index contributed by atoms with van der Waals surface area (Å²) >= 11 is 0. The fourth-order valence-corrected chi connectivity index (χ4v) is 0. The predicted molar refractivity (Wildman–Crippen MR) is 42.6 cm³/mol. The molecule has 0 aliphatic carbocycles. The third kappa shape index (κ3) is 365. The summed E-state index contributed by atoms with van der Waals surface area (Å²) in [6.07, 6.45) is 3.00. The first-order valence-electron chi connectivity index (χ1n) is 1.63. The summed E-state index contributed by atoms with van der Waals surface area (Å²) < 4.78 is 0. The molecule has 52 valence electrons. The number of hydrogen-bond acceptors (Lipinski definition) is 0. The Morgan fingerprint density at radius 2 is 0.800 bits per heavy atom. The van der Waals surface area contributed by atoms with E-state index < -0.39 is 0 Å². The van der Waals surface area contributed by atoms with E-state index in [9.17, 15) is 0 Å². The summed E-state index contributed by atoms with van der Waals surface area (Å²) in [5.41, 5.74) is 0. The van der Waals surface area contributed by atoms with Crippen LogP contribution >= 0.6 is 0 Å². The van der Waals surface area contributed by atoms with E-state index in [1.54, 1.807) is 0 Å². The van der Waals surface area contributed by atoms with Gasteiger partial charge in [-0.15, -0.1) is 0 Å². The van der Waals surface area contributed by atoms with Crippen molar-refractivity contribution in [1.29, 1.82) is 0 Å². The summed E-state index contributed by atoms with van der Waals surface area (Å²) in [4.78, 5) is 0. The molecule has 0 saturated heterocycles. The molecular weight excluding hydrogens is 192 g/mol. The SMILES string of the molecule is C=C[CH2-].C=C[CH2-].[Cl-].[Cl-].[Mg+2].[Mg+2]. The summed E-state index contributed by atoms with van der Waals surface area (Å²) in [7, 11) is 0. The molecule has 0 heterocycles. The van der Waals surface area contributed by atoms with Crippen LogP contribution in [0.3, 0.4) is 0 Å². The van der Waals surface area contributed by atoms with Gasteiger partial charge in [0, 0.05) is 0 Å². The van der Waals surface area contributed by atoms with Crippen LogP contribution in [0.25, 0.3) is 0 Å². The summed E-state index contributed by atoms with van der Waals surface area (Å²) in [6, 6.07) is 0. The zero-order chi connectivity index (χ0) is 5.41. The van der Waals surface area contributed by atoms with Crippen molar-refractivity contribution in [2.24, 2.45) is 0 Å². The fourth-order valence-electron chi connectivity index (χ4n) is 0. The minimum atomic E-state index is 0. The third-order valence-electron chi connectivity index (χ3n) is 0. The Morgan fingerprint density at radius 1 is 0.800 bits per heavy atom. The molecule has 0 radical (unpaired) electrons. The molecule has 0 aliphatic rings. The van der Waals surface area contributed by atoms with Crippen molar-refractivity contribution >= 4 is 46.1 Å². The second-order valence-corrected chi connectivity index (χ2v) is 0.577. The number of rotatable bonds is 0. The maximum atomic E-state index is 3.25. The fraction of sp³-hybridized carbons (Fsp3) is 0. The standard InChI is InChI=1S/2C3H5.2ClH.2Mg/c2*1-3-2;;;;/h2*3H,1-2H2;2*1H;;/q2*-1;;;2*+2/p-2. The van der Waals surface area contributed by atoms with Gasteiger partial charge in [-0.25, -0.2) is 39.2 Å². The molecule has 0 bridgehead atoms. The molecule has 0 aliphatic heterocycles. The minimum Gasteiger partial charge on any atom is -1.00 e. The van der Waals surface area contributed by atoms with Crippen LogP contribution in [0.4, 0.5) is 0 Å². The van der Waals surface area contributed by atoms with Gasteiger partial charge in [0.2, 0.25) is 0 Å². The number of hydrogen-bond donors (Lipinski definition) is 0. The van der Waals surface area contributed by atoms with Gasteiger partial charge in [0.05, 0.1) is 0 Å². The molecule has 0 unspecified atom stereocenters. The second-order valence-electron chi connectivity index (χ2n) is 0.577. The summed E-state index contributed by atoms with van der Waals surface area (Å²) in [5.74, 6) is 0. The van der Waals surface area contributed by atoms with E-state index in [2.05, 4.69) is 27.0 Å². The van der Waals surface area contributed by atoms with Crippen LogP contribution in [-0.2, 0) is 0 Å². The number of allylic oxidation sites excluding steroid dienone is 2. The zero-order valence-electron chi connectivity index (χ0n) is 6.15. The molecule has 4 heteroatoms. The topological polar surface area (TPSA) is 0 Å². The van der Waals surface area contributed by atoms with Crippen LogP contribution in [0, 0.1) is 13.8 Å². The van der Waals surface area contributed by atoms with Crippen LogP contribution in [0.2, 0.25) is 0 Å². The van der Waals surface area contributed by atoms with E-state index in [0.717, 1.165) is 0 Å². The van der Waals surface area contributed by atoms with E-state index in [4.69, 9.17) is 0 Å². The summed E-state index contributed by atoms with van der Waals surface area (Å²) in [6.45, 7) is 13.0. The molecule has 0 saturated carbocycles. The van der Waals surface area contributed by atoms with Crippen LogP contribution in [0.1, 0.15) is 0 Å². The maximum absolute atomic E-state index is 3.25. The molecule has 0 aromatic rings. The first-order valence-corrected chi connectivity index (χ1v) is 1.63. The minimum absolute atomic E-state index is 0. The molecule has 0 aromatic heterocycles. The monoisotopic (exact) mass is 200 g/mol. The van der Waals surface area contributed by atoms with Gasteiger partial charge in [0.25, 0.3) is 0 Å².